The average Bonchev–Trinajstić information content (AvgIpc) is 2.69. The third-order valence-corrected chi connectivity index (χ3v) is 6.04. The summed E-state index contributed by atoms with van der Waals surface area (Å²) < 4.78 is 33.6. The van der Waals surface area contributed by atoms with E-state index in [0.717, 1.165) is 0 Å². The number of methoxy groups -OCH3 is 1. The number of para-hydroxylation sites is 2. The average molecular weight is 431 g/mol. The quantitative estimate of drug-likeness (QED) is 0.593. The molecule has 0 heterocycles. The lowest BCUT2D eigenvalue weighted by Gasteiger charge is -2.14. The minimum absolute atomic E-state index is 0.0420. The largest absolute Gasteiger partial charge is 0.495 e. The maximum Gasteiger partial charge on any atom is 0.262 e. The molecule has 0 spiro atoms. The summed E-state index contributed by atoms with van der Waals surface area (Å²) in [7, 11) is -2.45. The van der Waals surface area contributed by atoms with Gasteiger partial charge in [-0.05, 0) is 48.9 Å². The number of anilines is 2. The topological polar surface area (TPSA) is 84.5 Å². The van der Waals surface area contributed by atoms with Crippen LogP contribution in [-0.4, -0.2) is 21.4 Å². The molecule has 150 valence electrons. The molecule has 0 atom stereocenters. The van der Waals surface area contributed by atoms with Crippen LogP contribution in [0.3, 0.4) is 0 Å². The molecule has 8 heteroatoms. The minimum atomic E-state index is -3.92. The lowest BCUT2D eigenvalue weighted by atomic mass is 10.2. The van der Waals surface area contributed by atoms with Crippen molar-refractivity contribution in [1.29, 1.82) is 0 Å². The Morgan fingerprint density at radius 3 is 2.41 bits per heavy atom. The number of hydrogen-bond acceptors (Lipinski definition) is 4. The molecule has 29 heavy (non-hydrogen) atoms. The van der Waals surface area contributed by atoms with Crippen molar-refractivity contribution in [2.24, 2.45) is 0 Å². The molecule has 0 radical (unpaired) electrons. The Hall–Kier alpha value is -3.03. The predicted molar refractivity (Wildman–Crippen MR) is 114 cm³/mol. The molecule has 6 nitrogen and oxygen atoms in total. The van der Waals surface area contributed by atoms with Crippen molar-refractivity contribution in [3.63, 3.8) is 0 Å². The molecule has 0 unspecified atom stereocenters. The zero-order chi connectivity index (χ0) is 21.0. The van der Waals surface area contributed by atoms with E-state index < -0.39 is 15.9 Å². The van der Waals surface area contributed by atoms with E-state index in [1.165, 1.54) is 13.2 Å². The van der Waals surface area contributed by atoms with Crippen LogP contribution in [-0.2, 0) is 10.0 Å². The van der Waals surface area contributed by atoms with Crippen molar-refractivity contribution < 1.29 is 17.9 Å². The molecule has 1 amide bonds. The van der Waals surface area contributed by atoms with Gasteiger partial charge in [-0.1, -0.05) is 41.9 Å². The Morgan fingerprint density at radius 1 is 1.00 bits per heavy atom. The second-order valence-electron chi connectivity index (χ2n) is 6.22. The molecule has 3 aromatic rings. The highest BCUT2D eigenvalue weighted by Gasteiger charge is 2.20. The van der Waals surface area contributed by atoms with Crippen LogP contribution in [0.1, 0.15) is 15.9 Å². The summed E-state index contributed by atoms with van der Waals surface area (Å²) >= 11 is 6.05. The highest BCUT2D eigenvalue weighted by atomic mass is 35.5. The van der Waals surface area contributed by atoms with Gasteiger partial charge in [-0.25, -0.2) is 8.42 Å². The van der Waals surface area contributed by atoms with Crippen LogP contribution in [0.15, 0.2) is 71.6 Å². The Balaban J connectivity index is 1.90. The molecule has 0 saturated carbocycles. The number of aryl methyl sites for hydroxylation is 1. The van der Waals surface area contributed by atoms with E-state index in [1.807, 2.05) is 0 Å². The summed E-state index contributed by atoms with van der Waals surface area (Å²) in [6.07, 6.45) is 0. The van der Waals surface area contributed by atoms with Gasteiger partial charge in [0.2, 0.25) is 0 Å². The van der Waals surface area contributed by atoms with E-state index in [-0.39, 0.29) is 4.90 Å². The van der Waals surface area contributed by atoms with E-state index >= 15 is 0 Å². The maximum absolute atomic E-state index is 13.0. The second-order valence-corrected chi connectivity index (χ2v) is 8.28. The Bertz CT molecular complexity index is 1160. The van der Waals surface area contributed by atoms with Crippen LogP contribution < -0.4 is 14.8 Å². The van der Waals surface area contributed by atoms with E-state index in [4.69, 9.17) is 16.3 Å². The highest BCUT2D eigenvalue weighted by molar-refractivity contribution is 7.92. The van der Waals surface area contributed by atoms with Gasteiger partial charge in [-0.15, -0.1) is 0 Å². The summed E-state index contributed by atoms with van der Waals surface area (Å²) in [5.74, 6) is -0.0302. The molecule has 0 fully saturated rings. The van der Waals surface area contributed by atoms with Gasteiger partial charge in [0.1, 0.15) is 5.75 Å². The van der Waals surface area contributed by atoms with Gasteiger partial charge < -0.3 is 10.1 Å². The molecule has 0 saturated heterocycles. The number of benzene rings is 3. The number of nitrogens with one attached hydrogen (secondary N) is 2. The van der Waals surface area contributed by atoms with E-state index in [2.05, 4.69) is 10.0 Å². The highest BCUT2D eigenvalue weighted by Crippen LogP contribution is 2.28. The first-order chi connectivity index (χ1) is 13.8. The van der Waals surface area contributed by atoms with Crippen molar-refractivity contribution in [1.82, 2.24) is 0 Å². The van der Waals surface area contributed by atoms with Crippen LogP contribution in [0.2, 0.25) is 5.02 Å². The fraction of sp³-hybridized carbons (Fsp3) is 0.0952. The SMILES string of the molecule is COc1ccccc1NS(=O)(=O)c1cc(NC(=O)c2ccccc2Cl)ccc1C. The first-order valence-electron chi connectivity index (χ1n) is 8.64. The number of carbonyl (C=O) groups excluding carboxylic acids is 1. The number of carbonyl (C=O) groups is 1. The van der Waals surface area contributed by atoms with Crippen molar-refractivity contribution >= 4 is 38.9 Å². The normalized spacial score (nSPS) is 11.0. The van der Waals surface area contributed by atoms with Crippen LogP contribution in [0, 0.1) is 6.92 Å². The van der Waals surface area contributed by atoms with E-state index in [9.17, 15) is 13.2 Å². The molecule has 0 aliphatic rings. The Morgan fingerprint density at radius 2 is 1.69 bits per heavy atom. The lowest BCUT2D eigenvalue weighted by Crippen LogP contribution is -2.16. The number of sulfonamides is 1. The third kappa shape index (κ3) is 4.70. The molecule has 0 aliphatic heterocycles. The Kier molecular flexibility index (Phi) is 6.10. The predicted octanol–water partition coefficient (Wildman–Crippen LogP) is 4.71. The summed E-state index contributed by atoms with van der Waals surface area (Å²) in [6, 6.07) is 18.0. The summed E-state index contributed by atoms with van der Waals surface area (Å²) in [4.78, 5) is 12.5. The molecule has 0 aromatic heterocycles. The van der Waals surface area contributed by atoms with E-state index in [0.29, 0.717) is 33.3 Å². The number of hydrogen-bond donors (Lipinski definition) is 2. The van der Waals surface area contributed by atoms with Crippen LogP contribution in [0.4, 0.5) is 11.4 Å². The Labute approximate surface area is 174 Å². The lowest BCUT2D eigenvalue weighted by molar-refractivity contribution is 0.102. The van der Waals surface area contributed by atoms with Crippen molar-refractivity contribution in [3.8, 4) is 5.75 Å². The standard InChI is InChI=1S/C21H19ClN2O4S/c1-14-11-12-15(23-21(25)16-7-3-4-8-17(16)22)13-20(14)29(26,27)24-18-9-5-6-10-19(18)28-2/h3-13,24H,1-2H3,(H,23,25). The molecule has 0 bridgehead atoms. The fourth-order valence-corrected chi connectivity index (χ4v) is 4.30. The number of ether oxygens (including phenoxy) is 1. The third-order valence-electron chi connectivity index (χ3n) is 4.21. The van der Waals surface area contributed by atoms with Crippen molar-refractivity contribution in [2.75, 3.05) is 17.1 Å². The van der Waals surface area contributed by atoms with Gasteiger partial charge in [0.05, 0.1) is 28.3 Å². The van der Waals surface area contributed by atoms with E-state index in [1.54, 1.807) is 67.6 Å². The zero-order valence-corrected chi connectivity index (χ0v) is 17.3. The molecular formula is C21H19ClN2O4S. The monoisotopic (exact) mass is 430 g/mol. The zero-order valence-electron chi connectivity index (χ0n) is 15.8. The molecule has 0 aliphatic carbocycles. The summed E-state index contributed by atoms with van der Waals surface area (Å²) in [6.45, 7) is 1.68. The van der Waals surface area contributed by atoms with Gasteiger partial charge in [-0.2, -0.15) is 0 Å². The van der Waals surface area contributed by atoms with Crippen molar-refractivity contribution in [3.05, 3.63) is 82.9 Å². The fourth-order valence-electron chi connectivity index (χ4n) is 2.74. The first-order valence-corrected chi connectivity index (χ1v) is 10.5. The summed E-state index contributed by atoms with van der Waals surface area (Å²) in [5.41, 5.74) is 1.48. The summed E-state index contributed by atoms with van der Waals surface area (Å²) in [5, 5.41) is 2.99. The van der Waals surface area contributed by atoms with Crippen molar-refractivity contribution in [2.45, 2.75) is 11.8 Å². The molecule has 2 N–H and O–H groups in total. The van der Waals surface area contributed by atoms with Gasteiger partial charge >= 0.3 is 0 Å². The number of rotatable bonds is 6. The smallest absolute Gasteiger partial charge is 0.262 e. The number of halogens is 1. The maximum atomic E-state index is 13.0. The van der Waals surface area contributed by atoms with Gasteiger partial charge in [0, 0.05) is 5.69 Å². The van der Waals surface area contributed by atoms with Crippen LogP contribution in [0.25, 0.3) is 0 Å². The van der Waals surface area contributed by atoms with Gasteiger partial charge in [0.15, 0.2) is 0 Å². The molecule has 3 aromatic carbocycles. The second kappa shape index (κ2) is 8.55. The molecular weight excluding hydrogens is 412 g/mol. The van der Waals surface area contributed by atoms with Gasteiger partial charge in [-0.3, -0.25) is 9.52 Å². The first kappa shape index (κ1) is 20.7. The molecule has 3 rings (SSSR count). The minimum Gasteiger partial charge on any atom is -0.495 e. The number of amides is 1. The van der Waals surface area contributed by atoms with Gasteiger partial charge in [0.25, 0.3) is 15.9 Å². The van der Waals surface area contributed by atoms with Crippen LogP contribution in [0.5, 0.6) is 5.75 Å². The van der Waals surface area contributed by atoms with Crippen LogP contribution >= 0.6 is 11.6 Å².